The van der Waals surface area contributed by atoms with Gasteiger partial charge in [0, 0.05) is 6.04 Å². The largest absolute Gasteiger partial charge is 0.349 e. The lowest BCUT2D eigenvalue weighted by Crippen LogP contribution is -2.46. The number of benzene rings is 1. The van der Waals surface area contributed by atoms with Gasteiger partial charge < -0.3 is 5.32 Å². The van der Waals surface area contributed by atoms with E-state index in [0.29, 0.717) is 11.8 Å². The molecule has 4 heteroatoms. The monoisotopic (exact) mass is 267 g/mol. The first-order chi connectivity index (χ1) is 8.99. The molecule has 1 aliphatic carbocycles. The lowest BCUT2D eigenvalue weighted by atomic mass is 9.78. The zero-order chi connectivity index (χ0) is 14.0. The van der Waals surface area contributed by atoms with Crippen LogP contribution >= 0.6 is 0 Å². The maximum absolute atomic E-state index is 13.5. The minimum absolute atomic E-state index is 0.0314. The molecule has 1 aromatic rings. The van der Waals surface area contributed by atoms with Gasteiger partial charge in [-0.05, 0) is 42.9 Å². The molecule has 2 nitrogen and oxygen atoms in total. The molecule has 1 amide bonds. The van der Waals surface area contributed by atoms with Gasteiger partial charge >= 0.3 is 0 Å². The molecular formula is C15H19F2NO. The third-order valence-electron chi connectivity index (χ3n) is 4.02. The quantitative estimate of drug-likeness (QED) is 0.872. The Morgan fingerprint density at radius 2 is 1.84 bits per heavy atom. The highest BCUT2D eigenvalue weighted by atomic mass is 19.1. The topological polar surface area (TPSA) is 29.1 Å². The highest BCUT2D eigenvalue weighted by Crippen LogP contribution is 2.29. The van der Waals surface area contributed by atoms with Crippen molar-refractivity contribution in [2.45, 2.75) is 39.2 Å². The Balaban J connectivity index is 2.14. The molecule has 1 N–H and O–H groups in total. The highest BCUT2D eigenvalue weighted by molar-refractivity contribution is 5.94. The predicted octanol–water partition coefficient (Wildman–Crippen LogP) is 3.52. The molecule has 2 rings (SSSR count). The van der Waals surface area contributed by atoms with Gasteiger partial charge in [-0.2, -0.15) is 0 Å². The van der Waals surface area contributed by atoms with Gasteiger partial charge in [0.2, 0.25) is 0 Å². The molecular weight excluding hydrogens is 248 g/mol. The molecule has 19 heavy (non-hydrogen) atoms. The number of halogens is 2. The summed E-state index contributed by atoms with van der Waals surface area (Å²) >= 11 is 0. The molecule has 0 spiro atoms. The predicted molar refractivity (Wildman–Crippen MR) is 69.8 cm³/mol. The molecule has 104 valence electrons. The molecule has 1 fully saturated rings. The summed E-state index contributed by atoms with van der Waals surface area (Å²) in [6.45, 7) is 4.17. The van der Waals surface area contributed by atoms with Crippen LogP contribution in [0.3, 0.4) is 0 Å². The van der Waals surface area contributed by atoms with E-state index in [1.54, 1.807) is 0 Å². The SMILES string of the molecule is CC1CCCC(C)C1NC(=O)c1cc(F)ccc1F. The Hall–Kier alpha value is -1.45. The van der Waals surface area contributed by atoms with Crippen molar-refractivity contribution in [3.05, 3.63) is 35.4 Å². The molecule has 1 aliphatic rings. The summed E-state index contributed by atoms with van der Waals surface area (Å²) in [5.74, 6) is -1.08. The van der Waals surface area contributed by atoms with E-state index in [1.807, 2.05) is 0 Å². The molecule has 0 radical (unpaired) electrons. The number of hydrogen-bond donors (Lipinski definition) is 1. The van der Waals surface area contributed by atoms with E-state index < -0.39 is 17.5 Å². The smallest absolute Gasteiger partial charge is 0.254 e. The van der Waals surface area contributed by atoms with E-state index in [4.69, 9.17) is 0 Å². The second-order valence-corrected chi connectivity index (χ2v) is 5.51. The Morgan fingerprint density at radius 3 is 2.47 bits per heavy atom. The second kappa shape index (κ2) is 5.68. The number of amides is 1. The summed E-state index contributed by atoms with van der Waals surface area (Å²) in [6.07, 6.45) is 3.27. The van der Waals surface area contributed by atoms with Crippen LogP contribution in [0.25, 0.3) is 0 Å². The van der Waals surface area contributed by atoms with Crippen molar-refractivity contribution in [2.24, 2.45) is 11.8 Å². The minimum atomic E-state index is -0.685. The van der Waals surface area contributed by atoms with Gasteiger partial charge in [0.15, 0.2) is 0 Å². The van der Waals surface area contributed by atoms with Crippen LogP contribution in [0.2, 0.25) is 0 Å². The zero-order valence-electron chi connectivity index (χ0n) is 11.2. The molecule has 1 aromatic carbocycles. The second-order valence-electron chi connectivity index (χ2n) is 5.51. The lowest BCUT2D eigenvalue weighted by molar-refractivity contribution is 0.0876. The van der Waals surface area contributed by atoms with Crippen molar-refractivity contribution in [3.8, 4) is 0 Å². The van der Waals surface area contributed by atoms with Gasteiger partial charge in [0.1, 0.15) is 11.6 Å². The van der Waals surface area contributed by atoms with Crippen LogP contribution in [-0.2, 0) is 0 Å². The van der Waals surface area contributed by atoms with Gasteiger partial charge in [-0.3, -0.25) is 4.79 Å². The summed E-state index contributed by atoms with van der Waals surface area (Å²) in [5.41, 5.74) is -0.218. The molecule has 2 atom stereocenters. The zero-order valence-corrected chi connectivity index (χ0v) is 11.2. The minimum Gasteiger partial charge on any atom is -0.349 e. The van der Waals surface area contributed by atoms with E-state index in [2.05, 4.69) is 19.2 Å². The lowest BCUT2D eigenvalue weighted by Gasteiger charge is -2.35. The van der Waals surface area contributed by atoms with Crippen molar-refractivity contribution in [2.75, 3.05) is 0 Å². The molecule has 0 saturated heterocycles. The summed E-state index contributed by atoms with van der Waals surface area (Å²) in [6, 6.07) is 2.97. The summed E-state index contributed by atoms with van der Waals surface area (Å²) < 4.78 is 26.6. The molecule has 0 aromatic heterocycles. The molecule has 0 bridgehead atoms. The number of carbonyl (C=O) groups is 1. The summed E-state index contributed by atoms with van der Waals surface area (Å²) in [7, 11) is 0. The maximum Gasteiger partial charge on any atom is 0.254 e. The van der Waals surface area contributed by atoms with Gasteiger partial charge in [-0.25, -0.2) is 8.78 Å². The Kier molecular flexibility index (Phi) is 4.17. The Labute approximate surface area is 112 Å². The number of carbonyl (C=O) groups excluding carboxylic acids is 1. The fourth-order valence-corrected chi connectivity index (χ4v) is 2.87. The van der Waals surface area contributed by atoms with E-state index in [-0.39, 0.29) is 11.6 Å². The fraction of sp³-hybridized carbons (Fsp3) is 0.533. The van der Waals surface area contributed by atoms with Crippen molar-refractivity contribution < 1.29 is 13.6 Å². The van der Waals surface area contributed by atoms with Gasteiger partial charge in [0.05, 0.1) is 5.56 Å². The number of rotatable bonds is 2. The van der Waals surface area contributed by atoms with Crippen LogP contribution in [-0.4, -0.2) is 11.9 Å². The number of nitrogens with one attached hydrogen (secondary N) is 1. The molecule has 2 unspecified atom stereocenters. The standard InChI is InChI=1S/C15H19F2NO/c1-9-4-3-5-10(2)14(9)18-15(19)12-8-11(16)6-7-13(12)17/h6-10,14H,3-5H2,1-2H3,(H,18,19). The van der Waals surface area contributed by atoms with Gasteiger partial charge in [-0.1, -0.05) is 20.3 Å². The maximum atomic E-state index is 13.5. The number of hydrogen-bond acceptors (Lipinski definition) is 1. The van der Waals surface area contributed by atoms with Gasteiger partial charge in [-0.15, -0.1) is 0 Å². The normalized spacial score (nSPS) is 27.1. The fourth-order valence-electron chi connectivity index (χ4n) is 2.87. The molecule has 0 heterocycles. The van der Waals surface area contributed by atoms with Crippen molar-refractivity contribution >= 4 is 5.91 Å². The van der Waals surface area contributed by atoms with E-state index in [9.17, 15) is 13.6 Å². The van der Waals surface area contributed by atoms with Crippen LogP contribution in [0.5, 0.6) is 0 Å². The van der Waals surface area contributed by atoms with Crippen LogP contribution in [0.1, 0.15) is 43.5 Å². The van der Waals surface area contributed by atoms with E-state index in [0.717, 1.165) is 37.5 Å². The molecule has 0 aliphatic heterocycles. The van der Waals surface area contributed by atoms with Crippen molar-refractivity contribution in [1.29, 1.82) is 0 Å². The average molecular weight is 267 g/mol. The van der Waals surface area contributed by atoms with Crippen molar-refractivity contribution in [3.63, 3.8) is 0 Å². The Bertz CT molecular complexity index is 465. The third kappa shape index (κ3) is 3.11. The van der Waals surface area contributed by atoms with Gasteiger partial charge in [0.25, 0.3) is 5.91 Å². The first-order valence-corrected chi connectivity index (χ1v) is 6.75. The van der Waals surface area contributed by atoms with Crippen molar-refractivity contribution in [1.82, 2.24) is 5.32 Å². The van der Waals surface area contributed by atoms with Crippen LogP contribution in [0.4, 0.5) is 8.78 Å². The first kappa shape index (κ1) is 14.0. The Morgan fingerprint density at radius 1 is 1.21 bits per heavy atom. The van der Waals surface area contributed by atoms with Crippen LogP contribution < -0.4 is 5.32 Å². The van der Waals surface area contributed by atoms with Crippen LogP contribution in [0, 0.1) is 23.5 Å². The van der Waals surface area contributed by atoms with Crippen LogP contribution in [0.15, 0.2) is 18.2 Å². The van der Waals surface area contributed by atoms with E-state index >= 15 is 0 Å². The highest BCUT2D eigenvalue weighted by Gasteiger charge is 2.29. The average Bonchev–Trinajstić information content (AvgIpc) is 2.37. The first-order valence-electron chi connectivity index (χ1n) is 6.75. The van der Waals surface area contributed by atoms with E-state index in [1.165, 1.54) is 0 Å². The summed E-state index contributed by atoms with van der Waals surface area (Å²) in [5, 5.41) is 2.86. The molecule has 1 saturated carbocycles. The summed E-state index contributed by atoms with van der Waals surface area (Å²) in [4.78, 5) is 12.1. The third-order valence-corrected chi connectivity index (χ3v) is 4.02.